The number of H-pyrrole nitrogens is 1. The first kappa shape index (κ1) is 18.4. The standard InChI is InChI=1S/C18H14ClN3O5/c1-10(17(24)25)27-15-7-6-11(8-13(15)19)9-20-22-16(23)12-4-2-3-5-14(12)21-18(22)26/h2-10H,1H3,(H,21,26)(H,24,25)/t10-/m1/s1. The summed E-state index contributed by atoms with van der Waals surface area (Å²) in [5.74, 6) is -0.920. The number of para-hydroxylation sites is 1. The van der Waals surface area contributed by atoms with Gasteiger partial charge in [-0.1, -0.05) is 23.7 Å². The zero-order valence-electron chi connectivity index (χ0n) is 14.0. The normalized spacial score (nSPS) is 12.4. The molecule has 0 bridgehead atoms. The maximum absolute atomic E-state index is 12.4. The van der Waals surface area contributed by atoms with E-state index in [4.69, 9.17) is 21.4 Å². The van der Waals surface area contributed by atoms with E-state index in [0.29, 0.717) is 21.1 Å². The van der Waals surface area contributed by atoms with E-state index in [2.05, 4.69) is 10.1 Å². The molecule has 1 aromatic heterocycles. The predicted molar refractivity (Wildman–Crippen MR) is 101 cm³/mol. The van der Waals surface area contributed by atoms with E-state index in [1.165, 1.54) is 25.3 Å². The Morgan fingerprint density at radius 1 is 1.30 bits per heavy atom. The van der Waals surface area contributed by atoms with E-state index in [0.717, 1.165) is 0 Å². The molecule has 1 atom stereocenters. The summed E-state index contributed by atoms with van der Waals surface area (Å²) >= 11 is 6.08. The zero-order chi connectivity index (χ0) is 19.6. The predicted octanol–water partition coefficient (Wildman–Crippen LogP) is 2.08. The molecule has 0 radical (unpaired) electrons. The molecular formula is C18H14ClN3O5. The number of carbonyl (C=O) groups is 1. The summed E-state index contributed by atoms with van der Waals surface area (Å²) in [5, 5.41) is 13.3. The molecule has 0 amide bonds. The molecular weight excluding hydrogens is 374 g/mol. The average Bonchev–Trinajstić information content (AvgIpc) is 2.63. The fraction of sp³-hybridized carbons (Fsp3) is 0.111. The Morgan fingerprint density at radius 3 is 2.74 bits per heavy atom. The van der Waals surface area contributed by atoms with Gasteiger partial charge < -0.3 is 14.8 Å². The number of halogens is 1. The lowest BCUT2D eigenvalue weighted by atomic mass is 10.2. The number of nitrogens with zero attached hydrogens (tertiary/aromatic N) is 2. The van der Waals surface area contributed by atoms with Gasteiger partial charge in [0.1, 0.15) is 5.75 Å². The lowest BCUT2D eigenvalue weighted by Gasteiger charge is -2.11. The number of carboxylic acids is 1. The molecule has 0 spiro atoms. The van der Waals surface area contributed by atoms with Crippen molar-refractivity contribution < 1.29 is 14.6 Å². The van der Waals surface area contributed by atoms with Crippen molar-refractivity contribution in [3.63, 3.8) is 0 Å². The van der Waals surface area contributed by atoms with Crippen LogP contribution in [-0.4, -0.2) is 33.1 Å². The smallest absolute Gasteiger partial charge is 0.349 e. The maximum atomic E-state index is 12.4. The molecule has 0 unspecified atom stereocenters. The van der Waals surface area contributed by atoms with Crippen molar-refractivity contribution in [2.45, 2.75) is 13.0 Å². The largest absolute Gasteiger partial charge is 0.479 e. The monoisotopic (exact) mass is 387 g/mol. The molecule has 2 N–H and O–H groups in total. The summed E-state index contributed by atoms with van der Waals surface area (Å²) in [4.78, 5) is 37.9. The number of carboxylic acid groups (broad SMARTS) is 1. The van der Waals surface area contributed by atoms with Gasteiger partial charge in [0.15, 0.2) is 6.10 Å². The molecule has 8 nitrogen and oxygen atoms in total. The number of benzene rings is 2. The number of fused-ring (bicyclic) bond motifs is 1. The van der Waals surface area contributed by atoms with Crippen LogP contribution in [0.3, 0.4) is 0 Å². The average molecular weight is 388 g/mol. The van der Waals surface area contributed by atoms with Crippen molar-refractivity contribution >= 4 is 34.7 Å². The van der Waals surface area contributed by atoms with Gasteiger partial charge in [0.2, 0.25) is 0 Å². The quantitative estimate of drug-likeness (QED) is 0.650. The number of nitrogens with one attached hydrogen (secondary N) is 1. The fourth-order valence-corrected chi connectivity index (χ4v) is 2.55. The second kappa shape index (κ2) is 7.46. The van der Waals surface area contributed by atoms with Gasteiger partial charge in [-0.2, -0.15) is 5.10 Å². The number of ether oxygens (including phenoxy) is 1. The summed E-state index contributed by atoms with van der Waals surface area (Å²) in [6.45, 7) is 1.38. The first-order valence-corrected chi connectivity index (χ1v) is 8.22. The van der Waals surface area contributed by atoms with E-state index >= 15 is 0 Å². The molecule has 138 valence electrons. The first-order chi connectivity index (χ1) is 12.9. The van der Waals surface area contributed by atoms with Gasteiger partial charge in [-0.05, 0) is 42.8 Å². The van der Waals surface area contributed by atoms with Crippen LogP contribution in [0.4, 0.5) is 0 Å². The van der Waals surface area contributed by atoms with Gasteiger partial charge in [-0.25, -0.2) is 9.59 Å². The van der Waals surface area contributed by atoms with E-state index in [9.17, 15) is 14.4 Å². The Hall–Kier alpha value is -3.39. The Kier molecular flexibility index (Phi) is 5.09. The summed E-state index contributed by atoms with van der Waals surface area (Å²) in [7, 11) is 0. The lowest BCUT2D eigenvalue weighted by Crippen LogP contribution is -2.32. The highest BCUT2D eigenvalue weighted by Crippen LogP contribution is 2.26. The van der Waals surface area contributed by atoms with Gasteiger partial charge >= 0.3 is 11.7 Å². The van der Waals surface area contributed by atoms with Crippen molar-refractivity contribution in [2.24, 2.45) is 5.10 Å². The molecule has 0 aliphatic carbocycles. The number of hydrogen-bond donors (Lipinski definition) is 2. The number of hydrogen-bond acceptors (Lipinski definition) is 5. The molecule has 0 aliphatic heterocycles. The Bertz CT molecular complexity index is 1170. The summed E-state index contributed by atoms with van der Waals surface area (Å²) in [6, 6.07) is 11.1. The molecule has 0 fully saturated rings. The third-order valence-electron chi connectivity index (χ3n) is 3.71. The number of aromatic amines is 1. The molecule has 3 aromatic rings. The van der Waals surface area contributed by atoms with Crippen LogP contribution in [-0.2, 0) is 4.79 Å². The SMILES string of the molecule is C[C@@H](Oc1ccc(C=Nn2c(=O)[nH]c3ccccc3c2=O)cc1Cl)C(=O)O. The second-order valence-corrected chi connectivity index (χ2v) is 6.03. The molecule has 2 aromatic carbocycles. The van der Waals surface area contributed by atoms with Crippen molar-refractivity contribution in [2.75, 3.05) is 0 Å². The number of rotatable bonds is 5. The Balaban J connectivity index is 1.92. The van der Waals surface area contributed by atoms with Gasteiger partial charge in [-0.3, -0.25) is 4.79 Å². The highest BCUT2D eigenvalue weighted by molar-refractivity contribution is 6.32. The zero-order valence-corrected chi connectivity index (χ0v) is 14.8. The van der Waals surface area contributed by atoms with Crippen molar-refractivity contribution in [3.8, 4) is 5.75 Å². The van der Waals surface area contributed by atoms with E-state index < -0.39 is 23.3 Å². The minimum Gasteiger partial charge on any atom is -0.479 e. The number of aromatic nitrogens is 2. The van der Waals surface area contributed by atoms with Gasteiger partial charge in [-0.15, -0.1) is 4.68 Å². The van der Waals surface area contributed by atoms with Crippen LogP contribution in [0.2, 0.25) is 5.02 Å². The molecule has 1 heterocycles. The van der Waals surface area contributed by atoms with Gasteiger partial charge in [0.25, 0.3) is 5.56 Å². The van der Waals surface area contributed by atoms with E-state index in [1.54, 1.807) is 30.3 Å². The van der Waals surface area contributed by atoms with Gasteiger partial charge in [0.05, 0.1) is 22.1 Å². The highest BCUT2D eigenvalue weighted by atomic mass is 35.5. The molecule has 9 heteroatoms. The Morgan fingerprint density at radius 2 is 2.04 bits per heavy atom. The summed E-state index contributed by atoms with van der Waals surface area (Å²) < 4.78 is 5.94. The summed E-state index contributed by atoms with van der Waals surface area (Å²) in [6.07, 6.45) is 0.235. The Labute approximate surface area is 157 Å². The minimum atomic E-state index is -1.12. The van der Waals surface area contributed by atoms with Crippen LogP contribution in [0.1, 0.15) is 12.5 Å². The van der Waals surface area contributed by atoms with Crippen molar-refractivity contribution in [3.05, 3.63) is 73.9 Å². The maximum Gasteiger partial charge on any atom is 0.349 e. The van der Waals surface area contributed by atoms with E-state index in [-0.39, 0.29) is 10.8 Å². The molecule has 0 saturated heterocycles. The number of aliphatic carboxylic acids is 1. The van der Waals surface area contributed by atoms with Crippen molar-refractivity contribution in [1.29, 1.82) is 0 Å². The van der Waals surface area contributed by atoms with Crippen LogP contribution in [0.25, 0.3) is 10.9 Å². The van der Waals surface area contributed by atoms with Crippen LogP contribution in [0.15, 0.2) is 57.2 Å². The van der Waals surface area contributed by atoms with Crippen LogP contribution < -0.4 is 16.0 Å². The van der Waals surface area contributed by atoms with Crippen LogP contribution >= 0.6 is 11.6 Å². The summed E-state index contributed by atoms with van der Waals surface area (Å²) in [5.41, 5.74) is -0.297. The molecule has 0 aliphatic rings. The highest BCUT2D eigenvalue weighted by Gasteiger charge is 2.14. The minimum absolute atomic E-state index is 0.173. The van der Waals surface area contributed by atoms with E-state index in [1.807, 2.05) is 0 Å². The van der Waals surface area contributed by atoms with Crippen LogP contribution in [0, 0.1) is 0 Å². The molecule has 27 heavy (non-hydrogen) atoms. The lowest BCUT2D eigenvalue weighted by molar-refractivity contribution is -0.144. The third kappa shape index (κ3) is 3.90. The second-order valence-electron chi connectivity index (χ2n) is 5.63. The fourth-order valence-electron chi connectivity index (χ4n) is 2.32. The molecule has 0 saturated carbocycles. The first-order valence-electron chi connectivity index (χ1n) is 7.84. The van der Waals surface area contributed by atoms with Crippen LogP contribution in [0.5, 0.6) is 5.75 Å². The van der Waals surface area contributed by atoms with Crippen molar-refractivity contribution in [1.82, 2.24) is 9.66 Å². The van der Waals surface area contributed by atoms with Gasteiger partial charge in [0, 0.05) is 0 Å². The topological polar surface area (TPSA) is 114 Å². The third-order valence-corrected chi connectivity index (χ3v) is 4.01. The molecule has 3 rings (SSSR count).